The fourth-order valence-electron chi connectivity index (χ4n) is 2.95. The average Bonchev–Trinajstić information content (AvgIpc) is 2.44. The monoisotopic (exact) mass is 346 g/mol. The van der Waals surface area contributed by atoms with Crippen molar-refractivity contribution in [3.8, 4) is 11.5 Å². The first-order chi connectivity index (χ1) is 10.2. The molecule has 0 aromatic heterocycles. The van der Waals surface area contributed by atoms with Crippen molar-refractivity contribution in [1.29, 1.82) is 0 Å². The fourth-order valence-corrected chi connectivity index (χ4v) is 3.22. The van der Waals surface area contributed by atoms with E-state index < -0.39 is 0 Å². The van der Waals surface area contributed by atoms with E-state index in [4.69, 9.17) is 23.2 Å². The Morgan fingerprint density at radius 2 is 1.09 bits per heavy atom. The molecule has 0 saturated carbocycles. The molecule has 0 atom stereocenters. The van der Waals surface area contributed by atoms with Crippen molar-refractivity contribution >= 4 is 23.2 Å². The van der Waals surface area contributed by atoms with Crippen LogP contribution in [0.4, 0.5) is 0 Å². The first kappa shape index (κ1) is 19.4. The number of phenolic OH excluding ortho intramolecular Hbond substituents is 2. The van der Waals surface area contributed by atoms with E-state index in [0.29, 0.717) is 11.8 Å². The van der Waals surface area contributed by atoms with Gasteiger partial charge in [0, 0.05) is 22.9 Å². The number of rotatable bonds is 8. The maximum absolute atomic E-state index is 10.5. The summed E-state index contributed by atoms with van der Waals surface area (Å²) in [7, 11) is 0. The summed E-state index contributed by atoms with van der Waals surface area (Å²) in [5, 5.41) is 20.9. The van der Waals surface area contributed by atoms with Crippen LogP contribution >= 0.6 is 23.2 Å². The van der Waals surface area contributed by atoms with Gasteiger partial charge in [0.1, 0.15) is 11.5 Å². The third-order valence-corrected chi connectivity index (χ3v) is 4.98. The van der Waals surface area contributed by atoms with Crippen LogP contribution in [0, 0.1) is 0 Å². The van der Waals surface area contributed by atoms with E-state index in [2.05, 4.69) is 27.7 Å². The Kier molecular flexibility index (Phi) is 6.88. The lowest BCUT2D eigenvalue weighted by Gasteiger charge is -2.30. The third kappa shape index (κ3) is 4.70. The van der Waals surface area contributed by atoms with Gasteiger partial charge in [0.2, 0.25) is 0 Å². The lowest BCUT2D eigenvalue weighted by Crippen LogP contribution is -2.20. The zero-order chi connectivity index (χ0) is 17.0. The van der Waals surface area contributed by atoms with Crippen LogP contribution in [-0.2, 0) is 10.8 Å². The van der Waals surface area contributed by atoms with Gasteiger partial charge in [-0.2, -0.15) is 0 Å². The Balaban J connectivity index is 3.16. The van der Waals surface area contributed by atoms with Crippen molar-refractivity contribution in [2.45, 2.75) is 64.2 Å². The van der Waals surface area contributed by atoms with Crippen molar-refractivity contribution < 1.29 is 10.2 Å². The highest BCUT2D eigenvalue weighted by molar-refractivity contribution is 6.18. The molecule has 0 heterocycles. The van der Waals surface area contributed by atoms with E-state index in [1.54, 1.807) is 12.1 Å². The minimum Gasteiger partial charge on any atom is -0.508 e. The second kappa shape index (κ2) is 7.79. The van der Waals surface area contributed by atoms with Crippen LogP contribution in [0.25, 0.3) is 0 Å². The molecule has 0 unspecified atom stereocenters. The van der Waals surface area contributed by atoms with Gasteiger partial charge >= 0.3 is 0 Å². The highest BCUT2D eigenvalue weighted by Gasteiger charge is 2.29. The molecule has 0 amide bonds. The molecule has 22 heavy (non-hydrogen) atoms. The molecule has 0 aliphatic carbocycles. The van der Waals surface area contributed by atoms with Gasteiger partial charge in [-0.25, -0.2) is 0 Å². The van der Waals surface area contributed by atoms with Gasteiger partial charge in [-0.05, 0) is 48.6 Å². The SMILES string of the molecule is CC(C)(CCCCl)c1cc(O)c(C(C)(C)CCCCl)cc1O. The van der Waals surface area contributed by atoms with Crippen LogP contribution in [0.15, 0.2) is 12.1 Å². The van der Waals surface area contributed by atoms with E-state index in [1.165, 1.54) is 0 Å². The van der Waals surface area contributed by atoms with E-state index in [-0.39, 0.29) is 22.3 Å². The Morgan fingerprint density at radius 1 is 0.773 bits per heavy atom. The number of benzene rings is 1. The summed E-state index contributed by atoms with van der Waals surface area (Å²) in [6.45, 7) is 8.25. The number of alkyl halides is 2. The molecule has 0 aliphatic rings. The van der Waals surface area contributed by atoms with Gasteiger partial charge in [0.25, 0.3) is 0 Å². The van der Waals surface area contributed by atoms with Crippen LogP contribution in [0.3, 0.4) is 0 Å². The molecule has 2 N–H and O–H groups in total. The highest BCUT2D eigenvalue weighted by Crippen LogP contribution is 2.43. The molecular weight excluding hydrogens is 319 g/mol. The molecule has 0 saturated heterocycles. The summed E-state index contributed by atoms with van der Waals surface area (Å²) in [5.41, 5.74) is 1.09. The molecule has 0 radical (unpaired) electrons. The van der Waals surface area contributed by atoms with E-state index in [9.17, 15) is 10.2 Å². The molecular formula is C18H28Cl2O2. The Bertz CT molecular complexity index is 450. The summed E-state index contributed by atoms with van der Waals surface area (Å²) in [6.07, 6.45) is 3.46. The predicted octanol–water partition coefficient (Wildman–Crippen LogP) is 5.69. The zero-order valence-electron chi connectivity index (χ0n) is 14.0. The molecule has 0 fully saturated rings. The third-order valence-electron chi connectivity index (χ3n) is 4.44. The van der Waals surface area contributed by atoms with Crippen LogP contribution < -0.4 is 0 Å². The first-order valence-corrected chi connectivity index (χ1v) is 8.91. The summed E-state index contributed by atoms with van der Waals surface area (Å²) in [5.74, 6) is 1.68. The van der Waals surface area contributed by atoms with Crippen molar-refractivity contribution in [2.24, 2.45) is 0 Å². The summed E-state index contributed by atoms with van der Waals surface area (Å²) in [6, 6.07) is 3.42. The van der Waals surface area contributed by atoms with Crippen LogP contribution in [0.2, 0.25) is 0 Å². The van der Waals surface area contributed by atoms with Crippen molar-refractivity contribution in [1.82, 2.24) is 0 Å². The quantitative estimate of drug-likeness (QED) is 0.468. The highest BCUT2D eigenvalue weighted by atomic mass is 35.5. The Morgan fingerprint density at radius 3 is 1.36 bits per heavy atom. The van der Waals surface area contributed by atoms with Gasteiger partial charge < -0.3 is 10.2 Å². The van der Waals surface area contributed by atoms with E-state index in [0.717, 1.165) is 36.8 Å². The largest absolute Gasteiger partial charge is 0.508 e. The molecule has 1 rings (SSSR count). The smallest absolute Gasteiger partial charge is 0.119 e. The summed E-state index contributed by atoms with van der Waals surface area (Å²) in [4.78, 5) is 0. The maximum atomic E-state index is 10.5. The van der Waals surface area contributed by atoms with E-state index in [1.807, 2.05) is 0 Å². The number of aromatic hydroxyl groups is 2. The molecule has 0 spiro atoms. The summed E-state index contributed by atoms with van der Waals surface area (Å²) < 4.78 is 0. The number of hydrogen-bond donors (Lipinski definition) is 2. The second-order valence-electron chi connectivity index (χ2n) is 7.24. The molecule has 0 bridgehead atoms. The lowest BCUT2D eigenvalue weighted by molar-refractivity contribution is 0.390. The topological polar surface area (TPSA) is 40.5 Å². The average molecular weight is 347 g/mol. The molecule has 1 aromatic carbocycles. The van der Waals surface area contributed by atoms with Gasteiger partial charge in [0.05, 0.1) is 0 Å². The second-order valence-corrected chi connectivity index (χ2v) is 8.00. The minimum atomic E-state index is -0.227. The molecule has 126 valence electrons. The van der Waals surface area contributed by atoms with Crippen molar-refractivity contribution in [2.75, 3.05) is 11.8 Å². The molecule has 2 nitrogen and oxygen atoms in total. The Labute approximate surface area is 144 Å². The standard InChI is InChI=1S/C18H28Cl2O2/c1-17(2,7-5-9-19)13-11-16(22)14(12-15(13)21)18(3,4)8-6-10-20/h11-12,21-22H,5-10H2,1-4H3. The van der Waals surface area contributed by atoms with Crippen LogP contribution in [0.1, 0.15) is 64.5 Å². The zero-order valence-corrected chi connectivity index (χ0v) is 15.6. The molecule has 1 aromatic rings. The predicted molar refractivity (Wildman–Crippen MR) is 95.7 cm³/mol. The van der Waals surface area contributed by atoms with E-state index >= 15 is 0 Å². The maximum Gasteiger partial charge on any atom is 0.119 e. The van der Waals surface area contributed by atoms with Gasteiger partial charge in [-0.15, -0.1) is 23.2 Å². The van der Waals surface area contributed by atoms with Gasteiger partial charge in [0.15, 0.2) is 0 Å². The van der Waals surface area contributed by atoms with Crippen molar-refractivity contribution in [3.05, 3.63) is 23.3 Å². The number of hydrogen-bond acceptors (Lipinski definition) is 2. The molecule has 0 aliphatic heterocycles. The number of phenols is 2. The summed E-state index contributed by atoms with van der Waals surface area (Å²) >= 11 is 11.6. The molecule has 4 heteroatoms. The minimum absolute atomic E-state index is 0.227. The fraction of sp³-hybridized carbons (Fsp3) is 0.667. The Hall–Kier alpha value is -0.600. The van der Waals surface area contributed by atoms with Gasteiger partial charge in [-0.3, -0.25) is 0 Å². The first-order valence-electron chi connectivity index (χ1n) is 7.84. The van der Waals surface area contributed by atoms with Crippen LogP contribution in [0.5, 0.6) is 11.5 Å². The lowest BCUT2D eigenvalue weighted by atomic mass is 9.76. The normalized spacial score (nSPS) is 12.6. The van der Waals surface area contributed by atoms with Gasteiger partial charge in [-0.1, -0.05) is 27.7 Å². The van der Waals surface area contributed by atoms with Crippen LogP contribution in [-0.4, -0.2) is 22.0 Å². The van der Waals surface area contributed by atoms with Crippen molar-refractivity contribution in [3.63, 3.8) is 0 Å². The number of halogens is 2.